The van der Waals surface area contributed by atoms with E-state index in [9.17, 15) is 9.59 Å². The summed E-state index contributed by atoms with van der Waals surface area (Å²) < 4.78 is 5.48. The molecule has 0 saturated carbocycles. The fraction of sp³-hybridized carbons (Fsp3) is 0.310. The molecular formula is C29H35N5O3. The van der Waals surface area contributed by atoms with E-state index in [2.05, 4.69) is 44.7 Å². The van der Waals surface area contributed by atoms with E-state index < -0.39 is 0 Å². The molecule has 0 bridgehead atoms. The van der Waals surface area contributed by atoms with Crippen LogP contribution in [0.5, 0.6) is 5.75 Å². The number of ether oxygens (including phenoxy) is 1. The zero-order valence-corrected chi connectivity index (χ0v) is 21.5. The van der Waals surface area contributed by atoms with Crippen LogP contribution < -0.4 is 20.3 Å². The summed E-state index contributed by atoms with van der Waals surface area (Å²) in [4.78, 5) is 31.8. The number of nitrogens with zero attached hydrogens (tertiary/aromatic N) is 3. The van der Waals surface area contributed by atoms with Gasteiger partial charge in [0.25, 0.3) is 5.91 Å². The molecule has 37 heavy (non-hydrogen) atoms. The lowest BCUT2D eigenvalue weighted by Gasteiger charge is -2.34. The molecule has 0 spiro atoms. The van der Waals surface area contributed by atoms with Crippen molar-refractivity contribution in [2.45, 2.75) is 6.54 Å². The van der Waals surface area contributed by atoms with Crippen molar-refractivity contribution in [1.82, 2.24) is 15.1 Å². The molecule has 0 atom stereocenters. The molecule has 3 amide bonds. The number of hydrogen-bond donors (Lipinski definition) is 2. The number of anilines is 2. The Morgan fingerprint density at radius 3 is 2.22 bits per heavy atom. The molecule has 3 aromatic carbocycles. The highest BCUT2D eigenvalue weighted by Gasteiger charge is 2.19. The number of nitrogens with one attached hydrogen (secondary N) is 2. The summed E-state index contributed by atoms with van der Waals surface area (Å²) in [6.07, 6.45) is 0. The van der Waals surface area contributed by atoms with Crippen molar-refractivity contribution >= 4 is 23.3 Å². The highest BCUT2D eigenvalue weighted by Crippen LogP contribution is 2.26. The Labute approximate surface area is 218 Å². The monoisotopic (exact) mass is 501 g/mol. The number of benzene rings is 3. The Hall–Kier alpha value is -3.88. The van der Waals surface area contributed by atoms with E-state index in [4.69, 9.17) is 4.74 Å². The molecule has 0 radical (unpaired) electrons. The minimum Gasteiger partial charge on any atom is -0.496 e. The molecule has 1 fully saturated rings. The molecule has 2 N–H and O–H groups in total. The lowest BCUT2D eigenvalue weighted by molar-refractivity contribution is 0.0931. The summed E-state index contributed by atoms with van der Waals surface area (Å²) in [5.74, 6) is 0.228. The Morgan fingerprint density at radius 1 is 0.892 bits per heavy atom. The molecule has 1 aliphatic heterocycles. The molecule has 1 saturated heterocycles. The van der Waals surface area contributed by atoms with Gasteiger partial charge >= 0.3 is 6.03 Å². The summed E-state index contributed by atoms with van der Waals surface area (Å²) in [7, 11) is 3.20. The van der Waals surface area contributed by atoms with E-state index >= 15 is 0 Å². The Morgan fingerprint density at radius 2 is 1.54 bits per heavy atom. The maximum absolute atomic E-state index is 12.9. The minimum atomic E-state index is -0.283. The predicted octanol–water partition coefficient (Wildman–Crippen LogP) is 3.91. The summed E-state index contributed by atoms with van der Waals surface area (Å²) >= 11 is 0. The van der Waals surface area contributed by atoms with Gasteiger partial charge in [-0.25, -0.2) is 4.79 Å². The second-order valence-corrected chi connectivity index (χ2v) is 9.10. The van der Waals surface area contributed by atoms with Crippen LogP contribution in [0.4, 0.5) is 16.2 Å². The lowest BCUT2D eigenvalue weighted by Crippen LogP contribution is -2.48. The number of rotatable bonds is 9. The molecule has 0 unspecified atom stereocenters. The van der Waals surface area contributed by atoms with E-state index in [0.717, 1.165) is 39.3 Å². The maximum atomic E-state index is 12.9. The number of hydrogen-bond acceptors (Lipinski definition) is 5. The number of carbonyl (C=O) groups excluding carboxylic acids is 2. The van der Waals surface area contributed by atoms with E-state index in [-0.39, 0.29) is 11.9 Å². The number of urea groups is 1. The summed E-state index contributed by atoms with van der Waals surface area (Å²) in [5.41, 5.74) is 3.11. The van der Waals surface area contributed by atoms with Crippen LogP contribution in [0.1, 0.15) is 15.9 Å². The average Bonchev–Trinajstić information content (AvgIpc) is 2.94. The van der Waals surface area contributed by atoms with Gasteiger partial charge in [0.2, 0.25) is 0 Å². The van der Waals surface area contributed by atoms with Gasteiger partial charge in [0.1, 0.15) is 5.75 Å². The third-order valence-corrected chi connectivity index (χ3v) is 6.57. The van der Waals surface area contributed by atoms with Crippen molar-refractivity contribution in [1.29, 1.82) is 0 Å². The summed E-state index contributed by atoms with van der Waals surface area (Å²) in [5, 5.41) is 5.86. The topological polar surface area (TPSA) is 77.1 Å². The number of methoxy groups -OCH3 is 1. The fourth-order valence-electron chi connectivity index (χ4n) is 4.36. The first-order valence-corrected chi connectivity index (χ1v) is 12.6. The highest BCUT2D eigenvalue weighted by molar-refractivity contribution is 6.02. The van der Waals surface area contributed by atoms with Gasteiger partial charge in [-0.15, -0.1) is 0 Å². The minimum absolute atomic E-state index is 0.192. The highest BCUT2D eigenvalue weighted by atomic mass is 16.5. The van der Waals surface area contributed by atoms with Crippen LogP contribution in [0.3, 0.4) is 0 Å². The maximum Gasteiger partial charge on any atom is 0.326 e. The van der Waals surface area contributed by atoms with Gasteiger partial charge in [0.15, 0.2) is 0 Å². The third-order valence-electron chi connectivity index (χ3n) is 6.57. The largest absolute Gasteiger partial charge is 0.496 e. The van der Waals surface area contributed by atoms with Gasteiger partial charge in [0, 0.05) is 70.3 Å². The van der Waals surface area contributed by atoms with E-state index in [0.29, 0.717) is 29.2 Å². The molecular weight excluding hydrogens is 466 g/mol. The molecule has 4 rings (SSSR count). The average molecular weight is 502 g/mol. The quantitative estimate of drug-likeness (QED) is 0.465. The second-order valence-electron chi connectivity index (χ2n) is 9.10. The van der Waals surface area contributed by atoms with E-state index in [1.54, 1.807) is 25.2 Å². The first kappa shape index (κ1) is 26.2. The van der Waals surface area contributed by atoms with Gasteiger partial charge < -0.3 is 15.4 Å². The Balaban J connectivity index is 1.24. The summed E-state index contributed by atoms with van der Waals surface area (Å²) in [6, 6.07) is 24.7. The zero-order valence-electron chi connectivity index (χ0n) is 21.5. The van der Waals surface area contributed by atoms with Crippen molar-refractivity contribution in [3.63, 3.8) is 0 Å². The predicted molar refractivity (Wildman–Crippen MR) is 147 cm³/mol. The van der Waals surface area contributed by atoms with Crippen molar-refractivity contribution in [2.75, 3.05) is 63.6 Å². The molecule has 8 heteroatoms. The molecule has 8 nitrogen and oxygen atoms in total. The van der Waals surface area contributed by atoms with Gasteiger partial charge in [-0.05, 0) is 29.8 Å². The van der Waals surface area contributed by atoms with E-state index in [1.165, 1.54) is 17.6 Å². The Bertz CT molecular complexity index is 1160. The van der Waals surface area contributed by atoms with Crippen molar-refractivity contribution in [3.8, 4) is 5.75 Å². The molecule has 194 valence electrons. The normalized spacial score (nSPS) is 14.1. The first-order chi connectivity index (χ1) is 18.0. The van der Waals surface area contributed by atoms with E-state index in [1.807, 2.05) is 36.4 Å². The van der Waals surface area contributed by atoms with Gasteiger partial charge in [-0.3, -0.25) is 19.5 Å². The van der Waals surface area contributed by atoms with Crippen LogP contribution in [0.25, 0.3) is 0 Å². The molecule has 0 aliphatic carbocycles. The SMILES string of the molecule is COc1cc(N(C)C(=O)Nc2ccccc2)ccc1C(=O)NCCN1CCN(Cc2ccccc2)CC1. The third kappa shape index (κ3) is 7.31. The second kappa shape index (κ2) is 12.9. The van der Waals surface area contributed by atoms with Crippen molar-refractivity contribution in [2.24, 2.45) is 0 Å². The van der Waals surface area contributed by atoms with Gasteiger partial charge in [-0.1, -0.05) is 48.5 Å². The van der Waals surface area contributed by atoms with Crippen LogP contribution >= 0.6 is 0 Å². The van der Waals surface area contributed by atoms with Crippen molar-refractivity contribution < 1.29 is 14.3 Å². The zero-order chi connectivity index (χ0) is 26.0. The lowest BCUT2D eigenvalue weighted by atomic mass is 10.1. The molecule has 3 aromatic rings. The van der Waals surface area contributed by atoms with Crippen LogP contribution in [0.15, 0.2) is 78.9 Å². The molecule has 1 aliphatic rings. The summed E-state index contributed by atoms with van der Waals surface area (Å²) in [6.45, 7) is 6.34. The molecule has 0 aromatic heterocycles. The van der Waals surface area contributed by atoms with Crippen LogP contribution in [-0.2, 0) is 6.54 Å². The number of para-hydroxylation sites is 1. The standard InChI is InChI=1S/C29H35N5O3/c1-32(29(36)31-24-11-7-4-8-12-24)25-13-14-26(27(21-25)37-2)28(35)30-15-16-33-17-19-34(20-18-33)22-23-9-5-3-6-10-23/h3-14,21H,15-20,22H2,1-2H3,(H,30,35)(H,31,36). The number of amides is 3. The van der Waals surface area contributed by atoms with Crippen LogP contribution in [-0.4, -0.2) is 75.2 Å². The van der Waals surface area contributed by atoms with Crippen LogP contribution in [0, 0.1) is 0 Å². The first-order valence-electron chi connectivity index (χ1n) is 12.6. The number of carbonyl (C=O) groups is 2. The Kier molecular flexibility index (Phi) is 9.13. The fourth-order valence-corrected chi connectivity index (χ4v) is 4.36. The van der Waals surface area contributed by atoms with Gasteiger partial charge in [0.05, 0.1) is 12.7 Å². The van der Waals surface area contributed by atoms with Gasteiger partial charge in [-0.2, -0.15) is 0 Å². The number of piperazine rings is 1. The smallest absolute Gasteiger partial charge is 0.326 e. The molecule has 1 heterocycles. The van der Waals surface area contributed by atoms with Crippen LogP contribution in [0.2, 0.25) is 0 Å². The van der Waals surface area contributed by atoms with Crippen molar-refractivity contribution in [3.05, 3.63) is 90.0 Å².